The molecule has 0 saturated heterocycles. The van der Waals surface area contributed by atoms with Gasteiger partial charge < -0.3 is 9.33 Å². The molecule has 1 aliphatic rings. The molecule has 0 spiro atoms. The molecule has 3 heteroatoms. The molecule has 1 aromatic rings. The molecule has 18 heavy (non-hydrogen) atoms. The highest BCUT2D eigenvalue weighted by Crippen LogP contribution is 2.28. The predicted molar refractivity (Wildman–Crippen MR) is 78.9 cm³/mol. The average Bonchev–Trinajstić information content (AvgIpc) is 2.61. The van der Waals surface area contributed by atoms with Crippen molar-refractivity contribution in [3.8, 4) is 0 Å². The van der Waals surface area contributed by atoms with E-state index in [1.165, 1.54) is 11.1 Å². The molecule has 0 amide bonds. The molecule has 0 radical (unpaired) electrons. The number of rotatable bonds is 4. The largest absolute Gasteiger partial charge is 0.533 e. The molecule has 0 bridgehead atoms. The zero-order chi connectivity index (χ0) is 13.2. The Bertz CT molecular complexity index is 434. The fraction of sp³-hybridized carbons (Fsp3) is 0.467. The van der Waals surface area contributed by atoms with Crippen molar-refractivity contribution in [2.45, 2.75) is 32.5 Å². The van der Waals surface area contributed by atoms with Crippen molar-refractivity contribution >= 4 is 8.32 Å². The highest BCUT2D eigenvalue weighted by atomic mass is 28.4. The fourth-order valence-electron chi connectivity index (χ4n) is 2.23. The van der Waals surface area contributed by atoms with Crippen LogP contribution in [0.5, 0.6) is 0 Å². The Morgan fingerprint density at radius 2 is 1.83 bits per heavy atom. The molecule has 2 nitrogen and oxygen atoms in total. The summed E-state index contributed by atoms with van der Waals surface area (Å²) in [5.41, 5.74) is 2.82. The van der Waals surface area contributed by atoms with Gasteiger partial charge in [0.25, 0.3) is 0 Å². The summed E-state index contributed by atoms with van der Waals surface area (Å²) in [5, 5.41) is 0. The summed E-state index contributed by atoms with van der Waals surface area (Å²) in [6.45, 7) is 7.81. The number of hydrogen-bond donors (Lipinski definition) is 0. The van der Waals surface area contributed by atoms with Crippen molar-refractivity contribution in [3.63, 3.8) is 0 Å². The van der Waals surface area contributed by atoms with Gasteiger partial charge in [0.15, 0.2) is 5.88 Å². The van der Waals surface area contributed by atoms with E-state index in [0.29, 0.717) is 0 Å². The van der Waals surface area contributed by atoms with Gasteiger partial charge in [0.05, 0.1) is 0 Å². The van der Waals surface area contributed by atoms with E-state index >= 15 is 0 Å². The van der Waals surface area contributed by atoms with Gasteiger partial charge >= 0.3 is 0 Å². The number of hydrogen-bond acceptors (Lipinski definition) is 2. The molecule has 0 saturated carbocycles. The first-order valence-electron chi connectivity index (χ1n) is 6.62. The lowest BCUT2D eigenvalue weighted by Crippen LogP contribution is -2.29. The normalized spacial score (nSPS) is 16.3. The lowest BCUT2D eigenvalue weighted by molar-refractivity contribution is 0.266. The van der Waals surface area contributed by atoms with E-state index in [2.05, 4.69) is 61.9 Å². The smallest absolute Gasteiger partial charge is 0.244 e. The molecular weight excluding hydrogens is 238 g/mol. The summed E-state index contributed by atoms with van der Waals surface area (Å²) < 4.78 is 6.24. The summed E-state index contributed by atoms with van der Waals surface area (Å²) in [4.78, 5) is 2.26. The second kappa shape index (κ2) is 5.18. The highest BCUT2D eigenvalue weighted by Gasteiger charge is 2.26. The van der Waals surface area contributed by atoms with Crippen LogP contribution < -0.4 is 0 Å². The summed E-state index contributed by atoms with van der Waals surface area (Å²) in [6, 6.07) is 10.7. The van der Waals surface area contributed by atoms with Gasteiger partial charge in [0, 0.05) is 13.6 Å². The lowest BCUT2D eigenvalue weighted by atomic mass is 10.0. The quantitative estimate of drug-likeness (QED) is 0.767. The molecular formula is C15H23NOSi. The third-order valence-corrected chi connectivity index (χ3v) is 3.87. The Balaban J connectivity index is 2.18. The minimum Gasteiger partial charge on any atom is -0.533 e. The highest BCUT2D eigenvalue weighted by molar-refractivity contribution is 6.70. The second-order valence-electron chi connectivity index (χ2n) is 5.96. The molecule has 1 aromatic carbocycles. The van der Waals surface area contributed by atoms with E-state index in [-0.39, 0.29) is 0 Å². The minimum atomic E-state index is -1.52. The van der Waals surface area contributed by atoms with Crippen molar-refractivity contribution in [1.82, 2.24) is 4.90 Å². The van der Waals surface area contributed by atoms with Gasteiger partial charge in [-0.3, -0.25) is 0 Å². The van der Waals surface area contributed by atoms with Gasteiger partial charge in [0.2, 0.25) is 8.32 Å². The fourth-order valence-corrected chi connectivity index (χ4v) is 3.11. The van der Waals surface area contributed by atoms with Crippen LogP contribution in [0.15, 0.2) is 41.8 Å². The maximum atomic E-state index is 6.24. The Morgan fingerprint density at radius 3 is 2.44 bits per heavy atom. The maximum Gasteiger partial charge on any atom is 0.244 e. The van der Waals surface area contributed by atoms with E-state index in [0.717, 1.165) is 25.3 Å². The first-order valence-corrected chi connectivity index (χ1v) is 10.0. The monoisotopic (exact) mass is 261 g/mol. The molecule has 0 unspecified atom stereocenters. The average molecular weight is 261 g/mol. The number of nitrogens with zero attached hydrogens (tertiary/aromatic N) is 1. The van der Waals surface area contributed by atoms with Gasteiger partial charge in [-0.05, 0) is 43.6 Å². The van der Waals surface area contributed by atoms with Crippen molar-refractivity contribution in [3.05, 3.63) is 47.4 Å². The van der Waals surface area contributed by atoms with Crippen LogP contribution in [0.25, 0.3) is 0 Å². The Hall–Kier alpha value is -1.22. The molecule has 2 rings (SSSR count). The first kappa shape index (κ1) is 13.2. The molecule has 0 atom stereocenters. The summed E-state index contributed by atoms with van der Waals surface area (Å²) in [5.74, 6) is 1.14. The Kier molecular flexibility index (Phi) is 3.81. The van der Waals surface area contributed by atoms with Crippen molar-refractivity contribution in [2.24, 2.45) is 0 Å². The van der Waals surface area contributed by atoms with Gasteiger partial charge in [-0.15, -0.1) is 0 Å². The number of benzene rings is 1. The van der Waals surface area contributed by atoms with Crippen molar-refractivity contribution < 1.29 is 4.43 Å². The van der Waals surface area contributed by atoms with Crippen LogP contribution in [-0.2, 0) is 10.8 Å². The molecule has 1 aliphatic heterocycles. The third kappa shape index (κ3) is 3.39. The zero-order valence-electron chi connectivity index (χ0n) is 11.9. The van der Waals surface area contributed by atoms with Crippen molar-refractivity contribution in [2.75, 3.05) is 13.6 Å². The standard InChI is InChI=1S/C15H23NOSi/c1-16-11-10-14(15(16)17-18(2,3)4)12-13-8-6-5-7-9-13/h5-9H,10-12H2,1-4H3. The van der Waals surface area contributed by atoms with Gasteiger partial charge in [0.1, 0.15) is 0 Å². The second-order valence-corrected chi connectivity index (χ2v) is 10.4. The van der Waals surface area contributed by atoms with Crippen LogP contribution in [0.4, 0.5) is 0 Å². The van der Waals surface area contributed by atoms with Gasteiger partial charge in [-0.2, -0.15) is 0 Å². The van der Waals surface area contributed by atoms with Gasteiger partial charge in [-0.25, -0.2) is 0 Å². The van der Waals surface area contributed by atoms with Gasteiger partial charge in [-0.1, -0.05) is 30.3 Å². The van der Waals surface area contributed by atoms with E-state index in [4.69, 9.17) is 4.43 Å². The third-order valence-electron chi connectivity index (χ3n) is 3.06. The van der Waals surface area contributed by atoms with E-state index < -0.39 is 8.32 Å². The van der Waals surface area contributed by atoms with Crippen LogP contribution in [0.3, 0.4) is 0 Å². The van der Waals surface area contributed by atoms with E-state index in [9.17, 15) is 0 Å². The topological polar surface area (TPSA) is 12.5 Å². The van der Waals surface area contributed by atoms with Crippen LogP contribution in [0.2, 0.25) is 19.6 Å². The lowest BCUT2D eigenvalue weighted by Gasteiger charge is -2.26. The molecule has 0 aliphatic carbocycles. The summed E-state index contributed by atoms with van der Waals surface area (Å²) in [7, 11) is 0.610. The Labute approximate surface area is 111 Å². The molecule has 0 aromatic heterocycles. The first-order chi connectivity index (χ1) is 8.46. The molecule has 0 fully saturated rings. The molecule has 1 heterocycles. The van der Waals surface area contributed by atoms with Crippen LogP contribution in [0.1, 0.15) is 12.0 Å². The molecule has 0 N–H and O–H groups in total. The maximum absolute atomic E-state index is 6.24. The Morgan fingerprint density at radius 1 is 1.17 bits per heavy atom. The minimum absolute atomic E-state index is 1.02. The summed E-state index contributed by atoms with van der Waals surface area (Å²) >= 11 is 0. The zero-order valence-corrected chi connectivity index (χ0v) is 12.9. The predicted octanol–water partition coefficient (Wildman–Crippen LogP) is 3.63. The van der Waals surface area contributed by atoms with E-state index in [1.807, 2.05) is 0 Å². The van der Waals surface area contributed by atoms with Crippen LogP contribution in [-0.4, -0.2) is 26.8 Å². The van der Waals surface area contributed by atoms with Crippen molar-refractivity contribution in [1.29, 1.82) is 0 Å². The SMILES string of the molecule is CN1CCC(Cc2ccccc2)=C1O[Si](C)(C)C. The summed E-state index contributed by atoms with van der Waals surface area (Å²) in [6.07, 6.45) is 2.15. The van der Waals surface area contributed by atoms with Crippen LogP contribution >= 0.6 is 0 Å². The van der Waals surface area contributed by atoms with Crippen LogP contribution in [0, 0.1) is 0 Å². The molecule has 98 valence electrons. The van der Waals surface area contributed by atoms with E-state index in [1.54, 1.807) is 0 Å².